The van der Waals surface area contributed by atoms with Crippen LogP contribution in [-0.4, -0.2) is 40.6 Å². The van der Waals surface area contributed by atoms with Crippen LogP contribution in [0.25, 0.3) is 11.4 Å². The Labute approximate surface area is 160 Å². The van der Waals surface area contributed by atoms with Crippen LogP contribution < -0.4 is 14.8 Å². The number of carbonyl (C=O) groups is 1. The largest absolute Gasteiger partial charge is 0.493 e. The maximum absolute atomic E-state index is 12.0. The van der Waals surface area contributed by atoms with Gasteiger partial charge in [-0.2, -0.15) is 0 Å². The summed E-state index contributed by atoms with van der Waals surface area (Å²) < 4.78 is 17.6. The van der Waals surface area contributed by atoms with Crippen molar-refractivity contribution in [1.82, 2.24) is 20.1 Å². The summed E-state index contributed by atoms with van der Waals surface area (Å²) in [4.78, 5) is 12.0. The van der Waals surface area contributed by atoms with E-state index < -0.39 is 0 Å². The molecule has 8 nitrogen and oxygen atoms in total. The topological polar surface area (TPSA) is 91.4 Å². The Hall–Kier alpha value is -2.94. The van der Waals surface area contributed by atoms with E-state index in [4.69, 9.17) is 13.9 Å². The van der Waals surface area contributed by atoms with Gasteiger partial charge in [0.15, 0.2) is 22.5 Å². The molecule has 1 N–H and O–H groups in total. The lowest BCUT2D eigenvalue weighted by Crippen LogP contribution is -2.24. The molecule has 3 aromatic rings. The van der Waals surface area contributed by atoms with Crippen molar-refractivity contribution in [3.8, 4) is 22.9 Å². The van der Waals surface area contributed by atoms with E-state index in [1.807, 2.05) is 35.9 Å². The third-order valence-corrected chi connectivity index (χ3v) is 4.87. The molecular formula is C18H20N4O4S. The molecule has 142 valence electrons. The Morgan fingerprint density at radius 1 is 1.22 bits per heavy atom. The first-order valence-corrected chi connectivity index (χ1v) is 9.14. The molecule has 1 amide bonds. The third-order valence-electron chi connectivity index (χ3n) is 3.85. The number of ether oxygens (including phenoxy) is 2. The van der Waals surface area contributed by atoms with Crippen molar-refractivity contribution in [2.45, 2.75) is 11.7 Å². The van der Waals surface area contributed by atoms with E-state index in [1.54, 1.807) is 26.5 Å². The standard InChI is InChI=1S/C18H20N4O4S/c1-22-17(12-6-7-14(24-2)15(9-12)25-3)20-21-18(22)27-11-16(23)19-10-13-5-4-8-26-13/h4-9H,10-11H2,1-3H3,(H,19,23). The second-order valence-corrected chi connectivity index (χ2v) is 6.52. The van der Waals surface area contributed by atoms with Crippen LogP contribution in [0.5, 0.6) is 11.5 Å². The number of thioether (sulfide) groups is 1. The molecule has 3 rings (SSSR count). The molecule has 0 aliphatic carbocycles. The minimum Gasteiger partial charge on any atom is -0.493 e. The average molecular weight is 388 g/mol. The molecule has 0 spiro atoms. The highest BCUT2D eigenvalue weighted by Crippen LogP contribution is 2.32. The number of benzene rings is 1. The Bertz CT molecular complexity index is 908. The smallest absolute Gasteiger partial charge is 0.230 e. The van der Waals surface area contributed by atoms with Crippen LogP contribution in [-0.2, 0) is 18.4 Å². The molecule has 0 aliphatic rings. The molecule has 0 saturated carbocycles. The molecule has 0 bridgehead atoms. The normalized spacial score (nSPS) is 10.6. The summed E-state index contributed by atoms with van der Waals surface area (Å²) in [5.41, 5.74) is 0.844. The summed E-state index contributed by atoms with van der Waals surface area (Å²) in [6, 6.07) is 9.14. The number of methoxy groups -OCH3 is 2. The molecule has 2 aromatic heterocycles. The molecule has 0 fully saturated rings. The summed E-state index contributed by atoms with van der Waals surface area (Å²) in [6.45, 7) is 0.363. The van der Waals surface area contributed by atoms with Gasteiger partial charge in [0, 0.05) is 12.6 Å². The van der Waals surface area contributed by atoms with Crippen LogP contribution in [0, 0.1) is 0 Å². The van der Waals surface area contributed by atoms with Crippen molar-refractivity contribution in [1.29, 1.82) is 0 Å². The molecular weight excluding hydrogens is 368 g/mol. The fourth-order valence-corrected chi connectivity index (χ4v) is 3.19. The highest BCUT2D eigenvalue weighted by Gasteiger charge is 2.15. The molecule has 1 aromatic carbocycles. The Balaban J connectivity index is 1.64. The SMILES string of the molecule is COc1ccc(-c2nnc(SCC(=O)NCc3ccco3)n2C)cc1OC. The Morgan fingerprint density at radius 2 is 2.04 bits per heavy atom. The van der Waals surface area contributed by atoms with Gasteiger partial charge in [0.25, 0.3) is 0 Å². The minimum atomic E-state index is -0.105. The van der Waals surface area contributed by atoms with Crippen LogP contribution in [0.2, 0.25) is 0 Å². The van der Waals surface area contributed by atoms with Crippen LogP contribution in [0.3, 0.4) is 0 Å². The summed E-state index contributed by atoms with van der Waals surface area (Å²) >= 11 is 1.32. The van der Waals surface area contributed by atoms with E-state index in [2.05, 4.69) is 15.5 Å². The summed E-state index contributed by atoms with van der Waals surface area (Å²) in [7, 11) is 5.03. The second kappa shape index (κ2) is 8.63. The predicted octanol–water partition coefficient (Wildman–Crippen LogP) is 2.50. The van der Waals surface area contributed by atoms with Crippen molar-refractivity contribution in [2.24, 2.45) is 7.05 Å². The lowest BCUT2D eigenvalue weighted by atomic mass is 10.2. The first-order chi connectivity index (χ1) is 13.1. The first kappa shape index (κ1) is 18.8. The number of amides is 1. The van der Waals surface area contributed by atoms with Crippen LogP contribution in [0.15, 0.2) is 46.2 Å². The molecule has 27 heavy (non-hydrogen) atoms. The van der Waals surface area contributed by atoms with E-state index in [0.29, 0.717) is 34.8 Å². The van der Waals surface area contributed by atoms with Gasteiger partial charge in [-0.15, -0.1) is 10.2 Å². The van der Waals surface area contributed by atoms with Crippen molar-refractivity contribution >= 4 is 17.7 Å². The number of nitrogens with zero attached hydrogens (tertiary/aromatic N) is 3. The van der Waals surface area contributed by atoms with Crippen molar-refractivity contribution < 1.29 is 18.7 Å². The fraction of sp³-hybridized carbons (Fsp3) is 0.278. The summed E-state index contributed by atoms with van der Waals surface area (Å²) in [5, 5.41) is 11.9. The van der Waals surface area contributed by atoms with E-state index >= 15 is 0 Å². The molecule has 0 radical (unpaired) electrons. The molecule has 0 atom stereocenters. The number of hydrogen-bond donors (Lipinski definition) is 1. The van der Waals surface area contributed by atoms with Crippen molar-refractivity contribution in [3.05, 3.63) is 42.4 Å². The van der Waals surface area contributed by atoms with Crippen LogP contribution in [0.1, 0.15) is 5.76 Å². The van der Waals surface area contributed by atoms with Gasteiger partial charge in [-0.3, -0.25) is 4.79 Å². The van der Waals surface area contributed by atoms with Gasteiger partial charge in [-0.25, -0.2) is 0 Å². The monoisotopic (exact) mass is 388 g/mol. The van der Waals surface area contributed by atoms with Crippen LogP contribution in [0.4, 0.5) is 0 Å². The van der Waals surface area contributed by atoms with Gasteiger partial charge in [0.05, 0.1) is 32.8 Å². The van der Waals surface area contributed by atoms with E-state index in [9.17, 15) is 4.79 Å². The average Bonchev–Trinajstić information content (AvgIpc) is 3.34. The van der Waals surface area contributed by atoms with Gasteiger partial charge >= 0.3 is 0 Å². The fourth-order valence-electron chi connectivity index (χ4n) is 2.45. The minimum absolute atomic E-state index is 0.105. The number of carbonyl (C=O) groups excluding carboxylic acids is 1. The second-order valence-electron chi connectivity index (χ2n) is 5.58. The van der Waals surface area contributed by atoms with Crippen molar-refractivity contribution in [3.63, 3.8) is 0 Å². The van der Waals surface area contributed by atoms with Crippen LogP contribution >= 0.6 is 11.8 Å². The first-order valence-electron chi connectivity index (χ1n) is 8.16. The molecule has 9 heteroatoms. The van der Waals surface area contributed by atoms with E-state index in [1.165, 1.54) is 11.8 Å². The summed E-state index contributed by atoms with van der Waals surface area (Å²) in [5.74, 6) is 2.78. The zero-order valence-corrected chi connectivity index (χ0v) is 16.1. The van der Waals surface area contributed by atoms with Crippen molar-refractivity contribution in [2.75, 3.05) is 20.0 Å². The Kier molecular flexibility index (Phi) is 6.02. The summed E-state index contributed by atoms with van der Waals surface area (Å²) in [6.07, 6.45) is 1.57. The van der Waals surface area contributed by atoms with Gasteiger partial charge in [-0.05, 0) is 30.3 Å². The molecule has 2 heterocycles. The number of rotatable bonds is 8. The quantitative estimate of drug-likeness (QED) is 0.593. The van der Waals surface area contributed by atoms with E-state index in [0.717, 1.165) is 5.56 Å². The predicted molar refractivity (Wildman–Crippen MR) is 101 cm³/mol. The zero-order valence-electron chi connectivity index (χ0n) is 15.3. The number of hydrogen-bond acceptors (Lipinski definition) is 7. The maximum atomic E-state index is 12.0. The maximum Gasteiger partial charge on any atom is 0.230 e. The highest BCUT2D eigenvalue weighted by atomic mass is 32.2. The lowest BCUT2D eigenvalue weighted by Gasteiger charge is -2.09. The van der Waals surface area contributed by atoms with Gasteiger partial charge in [-0.1, -0.05) is 11.8 Å². The highest BCUT2D eigenvalue weighted by molar-refractivity contribution is 7.99. The molecule has 0 saturated heterocycles. The molecule has 0 unspecified atom stereocenters. The van der Waals surface area contributed by atoms with Gasteiger partial charge in [0.2, 0.25) is 5.91 Å². The number of nitrogens with one attached hydrogen (secondary N) is 1. The third kappa shape index (κ3) is 4.43. The number of aromatic nitrogens is 3. The van der Waals surface area contributed by atoms with E-state index in [-0.39, 0.29) is 11.7 Å². The van der Waals surface area contributed by atoms with Gasteiger partial charge < -0.3 is 23.8 Å². The van der Waals surface area contributed by atoms with Gasteiger partial charge in [0.1, 0.15) is 5.76 Å². The Morgan fingerprint density at radius 3 is 2.74 bits per heavy atom. The number of furan rings is 1. The lowest BCUT2D eigenvalue weighted by molar-refractivity contribution is -0.118. The molecule has 0 aliphatic heterocycles. The zero-order chi connectivity index (χ0) is 19.2.